The zero-order valence-electron chi connectivity index (χ0n) is 70.6. The van der Waals surface area contributed by atoms with Crippen molar-refractivity contribution >= 4 is 5.69 Å². The van der Waals surface area contributed by atoms with E-state index in [1.54, 1.807) is 0 Å². The predicted molar refractivity (Wildman–Crippen MR) is 433 cm³/mol. The quantitative estimate of drug-likeness (QED) is 0.113. The van der Waals surface area contributed by atoms with Crippen LogP contribution in [0.15, 0.2) is 24.3 Å². The molecule has 98 heavy (non-hydrogen) atoms. The molecule has 1 aromatic carbocycles. The number of piperazine rings is 1. The first kappa shape index (κ1) is 87.2. The molecule has 7 saturated heterocycles. The van der Waals surface area contributed by atoms with Gasteiger partial charge in [-0.2, -0.15) is 0 Å². The Balaban J connectivity index is 0.000000240. The van der Waals surface area contributed by atoms with Crippen LogP contribution in [0.3, 0.4) is 0 Å². The molecule has 7 aliphatic rings. The Morgan fingerprint density at radius 1 is 0.276 bits per heavy atom. The lowest BCUT2D eigenvalue weighted by Gasteiger charge is -2.42. The third kappa shape index (κ3) is 39.1. The van der Waals surface area contributed by atoms with Crippen LogP contribution in [-0.4, -0.2) is 188 Å². The first-order valence-electron chi connectivity index (χ1n) is 42.2. The number of hydrogen-bond donors (Lipinski definition) is 0. The van der Waals surface area contributed by atoms with E-state index in [0.717, 1.165) is 41.3 Å². The van der Waals surface area contributed by atoms with Crippen LogP contribution in [0.2, 0.25) is 0 Å². The molecule has 9 nitrogen and oxygen atoms in total. The number of ether oxygens (including phenoxy) is 1. The second-order valence-electron chi connectivity index (χ2n) is 42.5. The molecular weight excluding hydrogens is 1200 g/mol. The largest absolute Gasteiger partial charge is 0.488 e. The number of hydrogen-bond acceptors (Lipinski definition) is 9. The van der Waals surface area contributed by atoms with Crippen LogP contribution in [0.5, 0.6) is 5.75 Å². The highest BCUT2D eigenvalue weighted by molar-refractivity contribution is 5.49. The molecule has 0 saturated carbocycles. The summed E-state index contributed by atoms with van der Waals surface area (Å²) in [5, 5.41) is 0. The minimum Gasteiger partial charge on any atom is -0.488 e. The molecule has 9 heteroatoms. The Hall–Kier alpha value is -1.46. The fraction of sp³-hybridized carbons (Fsp3) is 0.933. The van der Waals surface area contributed by atoms with Gasteiger partial charge >= 0.3 is 0 Å². The lowest BCUT2D eigenvalue weighted by atomic mass is 9.83. The van der Waals surface area contributed by atoms with Gasteiger partial charge in [-0.3, -0.25) is 9.80 Å². The van der Waals surface area contributed by atoms with Crippen LogP contribution in [-0.2, 0) is 0 Å². The van der Waals surface area contributed by atoms with Gasteiger partial charge in [0.05, 0.1) is 0 Å². The van der Waals surface area contributed by atoms with Crippen LogP contribution < -0.4 is 9.64 Å². The third-order valence-corrected chi connectivity index (χ3v) is 24.0. The molecule has 0 unspecified atom stereocenters. The van der Waals surface area contributed by atoms with Crippen molar-refractivity contribution in [3.05, 3.63) is 24.3 Å². The van der Waals surface area contributed by atoms with Gasteiger partial charge in [0.25, 0.3) is 0 Å². The van der Waals surface area contributed by atoms with Gasteiger partial charge in [-0.15, -0.1) is 0 Å². The Labute approximate surface area is 613 Å². The van der Waals surface area contributed by atoms with Crippen LogP contribution >= 0.6 is 0 Å². The number of piperidine rings is 6. The lowest BCUT2D eigenvalue weighted by Crippen LogP contribution is -2.53. The normalized spacial score (nSPS) is 21.9. The summed E-state index contributed by atoms with van der Waals surface area (Å²) >= 11 is 0. The Bertz CT molecular complexity index is 2160. The Morgan fingerprint density at radius 2 is 0.541 bits per heavy atom. The minimum absolute atomic E-state index is 0.136. The smallest absolute Gasteiger partial charge is 0.120 e. The molecule has 0 amide bonds. The van der Waals surface area contributed by atoms with E-state index in [1.807, 2.05) is 0 Å². The maximum Gasteiger partial charge on any atom is 0.120 e. The molecule has 0 radical (unpaired) electrons. The minimum atomic E-state index is -0.136. The van der Waals surface area contributed by atoms with Gasteiger partial charge in [-0.1, -0.05) is 130 Å². The molecule has 0 aliphatic carbocycles. The second kappa shape index (κ2) is 40.9. The van der Waals surface area contributed by atoms with E-state index >= 15 is 0 Å². The molecule has 1 aromatic rings. The molecule has 7 aliphatic heterocycles. The van der Waals surface area contributed by atoms with E-state index in [1.165, 1.54) is 297 Å². The fourth-order valence-electron chi connectivity index (χ4n) is 16.2. The molecule has 0 N–H and O–H groups in total. The molecule has 8 rings (SSSR count). The van der Waals surface area contributed by atoms with Crippen molar-refractivity contribution in [2.45, 2.75) is 337 Å². The highest BCUT2D eigenvalue weighted by Gasteiger charge is 2.31. The Kier molecular flexibility index (Phi) is 36.4. The fourth-order valence-corrected chi connectivity index (χ4v) is 16.2. The third-order valence-electron chi connectivity index (χ3n) is 24.0. The van der Waals surface area contributed by atoms with Gasteiger partial charge in [0.2, 0.25) is 0 Å². The topological polar surface area (TPSA) is 35.2 Å². The molecule has 0 aromatic heterocycles. The van der Waals surface area contributed by atoms with E-state index < -0.39 is 0 Å². The van der Waals surface area contributed by atoms with Gasteiger partial charge in [0.1, 0.15) is 11.4 Å². The van der Waals surface area contributed by atoms with Crippen molar-refractivity contribution < 1.29 is 4.74 Å². The highest BCUT2D eigenvalue weighted by Crippen LogP contribution is 2.36. The molecule has 0 atom stereocenters. The average molecular weight is 1370 g/mol. The number of rotatable bonds is 22. The summed E-state index contributed by atoms with van der Waals surface area (Å²) < 4.78 is 5.96. The predicted octanol–water partition coefficient (Wildman–Crippen LogP) is 21.7. The average Bonchev–Trinajstić information content (AvgIpc) is 0.866. The summed E-state index contributed by atoms with van der Waals surface area (Å²) in [7, 11) is 0. The molecule has 7 fully saturated rings. The van der Waals surface area contributed by atoms with Gasteiger partial charge in [-0.25, -0.2) is 0 Å². The van der Waals surface area contributed by atoms with Gasteiger partial charge in [-0.05, 0) is 376 Å². The van der Waals surface area contributed by atoms with E-state index in [2.05, 4.69) is 230 Å². The Morgan fingerprint density at radius 3 is 0.837 bits per heavy atom. The number of likely N-dealkylation sites (tertiary alicyclic amines) is 5. The molecule has 574 valence electrons. The summed E-state index contributed by atoms with van der Waals surface area (Å²) in [5.74, 6) is 6.87. The van der Waals surface area contributed by atoms with Crippen molar-refractivity contribution in [2.24, 2.45) is 62.6 Å². The first-order valence-corrected chi connectivity index (χ1v) is 42.2. The van der Waals surface area contributed by atoms with Crippen molar-refractivity contribution in [3.63, 3.8) is 0 Å². The maximum absolute atomic E-state index is 5.96. The standard InChI is InChI=1S/C28H48N2O.C22H45N3.C22H44N2.C17H35N/c1-27(2,3)17-22-29-18-13-23(14-19-29)7-8-24-15-20-30(21-16-24)25-9-11-26(12-10-25)31-28(4,5)6;1-21(2,3)11-15-24-13-9-20(10-14-24)8-7-12-23-16-18-25(19-17-23)22(4,5)6;1-21(2,3)13-18-23-14-9-19(10-15-23)7-8-20-11-16-24(17-12-20)22(4,5)6;1-16(2,3)10-7-15-8-12-18(13-9-15)14-11-17(4,5)6/h9-12,23-24H,7-8,13-22H2,1-6H3;20H,7-19H2,1-6H3;19-20H,7-18H2,1-6H3;15H,7-14H2,1-6H3. The van der Waals surface area contributed by atoms with Gasteiger partial charge < -0.3 is 34.1 Å². The van der Waals surface area contributed by atoms with Crippen molar-refractivity contribution in [2.75, 3.05) is 142 Å². The number of benzene rings is 1. The van der Waals surface area contributed by atoms with Crippen LogP contribution in [0.1, 0.15) is 320 Å². The van der Waals surface area contributed by atoms with Crippen LogP contribution in [0, 0.1) is 62.6 Å². The summed E-state index contributed by atoms with van der Waals surface area (Å²) in [6.07, 6.45) is 33.9. The van der Waals surface area contributed by atoms with Gasteiger partial charge in [0.15, 0.2) is 0 Å². The van der Waals surface area contributed by atoms with E-state index in [-0.39, 0.29) is 5.60 Å². The van der Waals surface area contributed by atoms with Crippen LogP contribution in [0.25, 0.3) is 0 Å². The van der Waals surface area contributed by atoms with E-state index in [0.29, 0.717) is 38.2 Å². The monoisotopic (exact) mass is 1370 g/mol. The van der Waals surface area contributed by atoms with Crippen molar-refractivity contribution in [1.29, 1.82) is 0 Å². The first-order chi connectivity index (χ1) is 45.5. The zero-order valence-corrected chi connectivity index (χ0v) is 70.6. The molecular formula is C89H172N8O. The highest BCUT2D eigenvalue weighted by atomic mass is 16.5. The van der Waals surface area contributed by atoms with E-state index in [9.17, 15) is 0 Å². The second-order valence-corrected chi connectivity index (χ2v) is 42.5. The molecule has 7 heterocycles. The summed E-state index contributed by atoms with van der Waals surface area (Å²) in [6.45, 7) is 83.1. The SMILES string of the molecule is CC(C)(C)CCC1CCN(CCC(C)(C)C)CC1.CC(C)(C)CCN1CCC(CCC2CCN(C(C)(C)C)CC2)CC1.CC(C)(C)CCN1CCC(CCC2CCN(c3ccc(OC(C)(C)C)cc3)CC2)CC1.CC(C)(C)CCN1CCC(CCCN2CCN(C(C)(C)C)CC2)CC1. The molecule has 0 bridgehead atoms. The number of anilines is 1. The summed E-state index contributed by atoms with van der Waals surface area (Å²) in [4.78, 5) is 21.4. The van der Waals surface area contributed by atoms with Crippen molar-refractivity contribution in [1.82, 2.24) is 34.3 Å². The van der Waals surface area contributed by atoms with Crippen molar-refractivity contribution in [3.8, 4) is 5.75 Å². The van der Waals surface area contributed by atoms with E-state index in [4.69, 9.17) is 4.74 Å². The summed E-state index contributed by atoms with van der Waals surface area (Å²) in [6, 6.07) is 8.71. The maximum atomic E-state index is 5.96. The number of nitrogens with zero attached hydrogens (tertiary/aromatic N) is 8. The zero-order chi connectivity index (χ0) is 72.6. The lowest BCUT2D eigenvalue weighted by molar-refractivity contribution is 0.0604. The van der Waals surface area contributed by atoms with Crippen LogP contribution in [0.4, 0.5) is 5.69 Å². The molecule has 0 spiro atoms. The van der Waals surface area contributed by atoms with Gasteiger partial charge in [0, 0.05) is 56.0 Å². The summed E-state index contributed by atoms with van der Waals surface area (Å²) in [5.41, 5.74) is 4.36.